The zero-order chi connectivity index (χ0) is 14.3. The van der Waals surface area contributed by atoms with E-state index in [-0.39, 0.29) is 18.4 Å². The van der Waals surface area contributed by atoms with Gasteiger partial charge in [-0.15, -0.1) is 0 Å². The molecule has 0 aliphatic carbocycles. The van der Waals surface area contributed by atoms with Crippen molar-refractivity contribution in [3.63, 3.8) is 0 Å². The van der Waals surface area contributed by atoms with Gasteiger partial charge in [-0.05, 0) is 31.9 Å². The lowest BCUT2D eigenvalue weighted by Gasteiger charge is -2.20. The molecule has 0 fully saturated rings. The van der Waals surface area contributed by atoms with Crippen molar-refractivity contribution in [2.24, 2.45) is 0 Å². The van der Waals surface area contributed by atoms with Gasteiger partial charge in [0.2, 0.25) is 5.91 Å². The average molecular weight is 263 g/mol. The number of carbonyl (C=O) groups is 2. The molecule has 4 nitrogen and oxygen atoms in total. The molecule has 0 aliphatic rings. The Morgan fingerprint density at radius 3 is 2.47 bits per heavy atom. The van der Waals surface area contributed by atoms with Gasteiger partial charge in [-0.1, -0.05) is 24.3 Å². The molecule has 1 aromatic rings. The number of nitrogens with zero attached hydrogens (tertiary/aromatic N) is 1. The lowest BCUT2D eigenvalue weighted by atomic mass is 10.1. The molecule has 0 bridgehead atoms. The third-order valence-electron chi connectivity index (χ3n) is 2.96. The molecule has 19 heavy (non-hydrogen) atoms. The molecule has 0 aliphatic heterocycles. The van der Waals surface area contributed by atoms with Gasteiger partial charge < -0.3 is 9.64 Å². The molecule has 104 valence electrons. The SMILES string of the molecule is CCOC(=O)CN(CC)C(=O)Cc1ccccc1C. The minimum atomic E-state index is -0.359. The second-order valence-electron chi connectivity index (χ2n) is 4.32. The van der Waals surface area contributed by atoms with Gasteiger partial charge in [0, 0.05) is 6.54 Å². The van der Waals surface area contributed by atoms with E-state index < -0.39 is 0 Å². The lowest BCUT2D eigenvalue weighted by molar-refractivity contribution is -0.148. The topological polar surface area (TPSA) is 46.6 Å². The number of aryl methyl sites for hydroxylation is 1. The molecular formula is C15H21NO3. The highest BCUT2D eigenvalue weighted by molar-refractivity contribution is 5.83. The van der Waals surface area contributed by atoms with Crippen molar-refractivity contribution in [1.82, 2.24) is 4.90 Å². The number of esters is 1. The van der Waals surface area contributed by atoms with Gasteiger partial charge in [-0.2, -0.15) is 0 Å². The number of carbonyl (C=O) groups excluding carboxylic acids is 2. The summed E-state index contributed by atoms with van der Waals surface area (Å²) in [7, 11) is 0. The quantitative estimate of drug-likeness (QED) is 0.737. The van der Waals surface area contributed by atoms with E-state index in [1.54, 1.807) is 6.92 Å². The molecule has 1 amide bonds. The van der Waals surface area contributed by atoms with Crippen LogP contribution in [0.1, 0.15) is 25.0 Å². The monoisotopic (exact) mass is 263 g/mol. The Labute approximate surface area is 114 Å². The molecule has 0 heterocycles. The molecule has 4 heteroatoms. The number of rotatable bonds is 6. The fourth-order valence-electron chi connectivity index (χ4n) is 1.82. The Hall–Kier alpha value is -1.84. The van der Waals surface area contributed by atoms with Crippen LogP contribution in [-0.2, 0) is 20.7 Å². The molecule has 1 aromatic carbocycles. The summed E-state index contributed by atoms with van der Waals surface area (Å²) >= 11 is 0. The van der Waals surface area contributed by atoms with E-state index in [9.17, 15) is 9.59 Å². The highest BCUT2D eigenvalue weighted by Gasteiger charge is 2.17. The first-order chi connectivity index (χ1) is 9.08. The average Bonchev–Trinajstić information content (AvgIpc) is 2.39. The second kappa shape index (κ2) is 7.56. The summed E-state index contributed by atoms with van der Waals surface area (Å²) in [5.41, 5.74) is 2.08. The third kappa shape index (κ3) is 4.73. The summed E-state index contributed by atoms with van der Waals surface area (Å²) in [5, 5.41) is 0. The minimum absolute atomic E-state index is 0.0229. The van der Waals surface area contributed by atoms with Gasteiger partial charge >= 0.3 is 5.97 Å². The van der Waals surface area contributed by atoms with E-state index >= 15 is 0 Å². The normalized spacial score (nSPS) is 10.1. The minimum Gasteiger partial charge on any atom is -0.465 e. The van der Waals surface area contributed by atoms with Crippen LogP contribution in [0.4, 0.5) is 0 Å². The van der Waals surface area contributed by atoms with E-state index in [1.807, 2.05) is 38.1 Å². The molecule has 0 unspecified atom stereocenters. The zero-order valence-corrected chi connectivity index (χ0v) is 11.8. The van der Waals surface area contributed by atoms with E-state index in [4.69, 9.17) is 4.74 Å². The molecule has 1 rings (SSSR count). The first kappa shape index (κ1) is 15.2. The van der Waals surface area contributed by atoms with Crippen LogP contribution in [0.5, 0.6) is 0 Å². The summed E-state index contributed by atoms with van der Waals surface area (Å²) in [5.74, 6) is -0.410. The summed E-state index contributed by atoms with van der Waals surface area (Å²) in [6.07, 6.45) is 0.319. The van der Waals surface area contributed by atoms with E-state index in [0.29, 0.717) is 19.6 Å². The van der Waals surface area contributed by atoms with Gasteiger partial charge in [-0.25, -0.2) is 0 Å². The summed E-state index contributed by atoms with van der Waals surface area (Å²) in [4.78, 5) is 25.1. The van der Waals surface area contributed by atoms with E-state index in [0.717, 1.165) is 11.1 Å². The van der Waals surface area contributed by atoms with Crippen molar-refractivity contribution in [2.75, 3.05) is 19.7 Å². The Kier molecular flexibility index (Phi) is 6.06. The highest BCUT2D eigenvalue weighted by atomic mass is 16.5. The summed E-state index contributed by atoms with van der Waals surface area (Å²) < 4.78 is 4.87. The summed E-state index contributed by atoms with van der Waals surface area (Å²) in [6, 6.07) is 7.77. The van der Waals surface area contributed by atoms with Crippen LogP contribution in [0.3, 0.4) is 0 Å². The lowest BCUT2D eigenvalue weighted by Crippen LogP contribution is -2.37. The smallest absolute Gasteiger partial charge is 0.325 e. The molecule has 0 aromatic heterocycles. The maximum Gasteiger partial charge on any atom is 0.325 e. The molecule has 0 spiro atoms. The van der Waals surface area contributed by atoms with Crippen LogP contribution < -0.4 is 0 Å². The first-order valence-electron chi connectivity index (χ1n) is 6.56. The number of hydrogen-bond acceptors (Lipinski definition) is 3. The molecule has 0 radical (unpaired) electrons. The first-order valence-corrected chi connectivity index (χ1v) is 6.56. The largest absolute Gasteiger partial charge is 0.465 e. The van der Waals surface area contributed by atoms with Crippen molar-refractivity contribution in [1.29, 1.82) is 0 Å². The Balaban J connectivity index is 2.64. The number of ether oxygens (including phenoxy) is 1. The highest BCUT2D eigenvalue weighted by Crippen LogP contribution is 2.09. The molecule has 0 N–H and O–H groups in total. The van der Waals surface area contributed by atoms with Gasteiger partial charge in [0.05, 0.1) is 13.0 Å². The zero-order valence-electron chi connectivity index (χ0n) is 11.8. The van der Waals surface area contributed by atoms with Crippen molar-refractivity contribution in [2.45, 2.75) is 27.2 Å². The van der Waals surface area contributed by atoms with Crippen molar-refractivity contribution >= 4 is 11.9 Å². The van der Waals surface area contributed by atoms with Crippen molar-refractivity contribution in [3.05, 3.63) is 35.4 Å². The maximum atomic E-state index is 12.2. The van der Waals surface area contributed by atoms with Crippen LogP contribution in [0, 0.1) is 6.92 Å². The molecule has 0 saturated heterocycles. The van der Waals surface area contributed by atoms with E-state index in [2.05, 4.69) is 0 Å². The number of hydrogen-bond donors (Lipinski definition) is 0. The molecular weight excluding hydrogens is 242 g/mol. The molecule has 0 saturated carbocycles. The standard InChI is InChI=1S/C15H21NO3/c1-4-16(11-15(18)19-5-2)14(17)10-13-9-7-6-8-12(13)3/h6-9H,4-5,10-11H2,1-3H3. The fraction of sp³-hybridized carbons (Fsp3) is 0.467. The van der Waals surface area contributed by atoms with Crippen molar-refractivity contribution < 1.29 is 14.3 Å². The number of likely N-dealkylation sites (N-methyl/N-ethyl adjacent to an activating group) is 1. The van der Waals surface area contributed by atoms with Gasteiger partial charge in [0.25, 0.3) is 0 Å². The van der Waals surface area contributed by atoms with Crippen LogP contribution in [0.15, 0.2) is 24.3 Å². The van der Waals surface area contributed by atoms with Gasteiger partial charge in [0.1, 0.15) is 6.54 Å². The van der Waals surface area contributed by atoms with Gasteiger partial charge in [0.15, 0.2) is 0 Å². The Morgan fingerprint density at radius 2 is 1.89 bits per heavy atom. The van der Waals surface area contributed by atoms with Crippen molar-refractivity contribution in [3.8, 4) is 0 Å². The summed E-state index contributed by atoms with van der Waals surface area (Å²) in [6.45, 7) is 6.45. The predicted octanol–water partition coefficient (Wildman–Crippen LogP) is 1.95. The Bertz CT molecular complexity index is 443. The van der Waals surface area contributed by atoms with Crippen LogP contribution in [0.25, 0.3) is 0 Å². The van der Waals surface area contributed by atoms with Crippen LogP contribution >= 0.6 is 0 Å². The van der Waals surface area contributed by atoms with Gasteiger partial charge in [-0.3, -0.25) is 9.59 Å². The van der Waals surface area contributed by atoms with E-state index in [1.165, 1.54) is 4.90 Å². The predicted molar refractivity (Wildman–Crippen MR) is 73.8 cm³/mol. The molecule has 0 atom stereocenters. The maximum absolute atomic E-state index is 12.2. The number of amides is 1. The third-order valence-corrected chi connectivity index (χ3v) is 2.96. The fourth-order valence-corrected chi connectivity index (χ4v) is 1.82. The van der Waals surface area contributed by atoms with Crippen LogP contribution in [-0.4, -0.2) is 36.5 Å². The number of benzene rings is 1. The van der Waals surface area contributed by atoms with Crippen LogP contribution in [0.2, 0.25) is 0 Å². The Morgan fingerprint density at radius 1 is 1.21 bits per heavy atom. The second-order valence-corrected chi connectivity index (χ2v) is 4.32.